The van der Waals surface area contributed by atoms with E-state index < -0.39 is 5.60 Å². The van der Waals surface area contributed by atoms with Crippen LogP contribution in [0.5, 0.6) is 0 Å². The Hall–Kier alpha value is -1.87. The van der Waals surface area contributed by atoms with Crippen LogP contribution in [0.1, 0.15) is 25.8 Å². The van der Waals surface area contributed by atoms with Crippen molar-refractivity contribution < 1.29 is 5.11 Å². The van der Waals surface area contributed by atoms with E-state index in [4.69, 9.17) is 11.0 Å². The molecule has 3 N–H and O–H groups in total. The molecule has 1 aliphatic rings. The molecule has 0 spiro atoms. The zero-order valence-electron chi connectivity index (χ0n) is 10.6. The Morgan fingerprint density at radius 2 is 2.33 bits per heavy atom. The molecule has 0 aromatic carbocycles. The number of aromatic nitrogens is 2. The summed E-state index contributed by atoms with van der Waals surface area (Å²) in [5.74, 6) is 0.922. The molecular formula is C12H17N5O. The van der Waals surface area contributed by atoms with E-state index in [0.717, 1.165) is 13.0 Å². The predicted octanol–water partition coefficient (Wildman–Crippen LogP) is 0.528. The Balaban J connectivity index is 2.15. The summed E-state index contributed by atoms with van der Waals surface area (Å²) in [6.45, 7) is 5.12. The van der Waals surface area contributed by atoms with Crippen LogP contribution in [0.4, 0.5) is 11.8 Å². The molecule has 1 saturated heterocycles. The molecule has 0 amide bonds. The fourth-order valence-electron chi connectivity index (χ4n) is 2.14. The molecule has 1 atom stereocenters. The van der Waals surface area contributed by atoms with Crippen molar-refractivity contribution in [2.24, 2.45) is 5.92 Å². The first-order chi connectivity index (χ1) is 8.41. The molecule has 0 bridgehead atoms. The average molecular weight is 247 g/mol. The first kappa shape index (κ1) is 12.6. The van der Waals surface area contributed by atoms with Crippen LogP contribution in [0.3, 0.4) is 0 Å². The Bertz CT molecular complexity index is 488. The number of nitrogen functional groups attached to an aromatic ring is 1. The molecule has 2 rings (SSSR count). The number of hydrogen-bond donors (Lipinski definition) is 2. The maximum absolute atomic E-state index is 9.98. The molecule has 1 aromatic heterocycles. The highest BCUT2D eigenvalue weighted by molar-refractivity contribution is 5.50. The molecule has 0 saturated carbocycles. The maximum atomic E-state index is 9.98. The van der Waals surface area contributed by atoms with Gasteiger partial charge in [-0.15, -0.1) is 0 Å². The number of nitrogens with zero attached hydrogens (tertiary/aromatic N) is 4. The standard InChI is InChI=1S/C12H17N5O/c1-12(2,18)9-3-4-17(7-9)11-15-6-8(5-13)10(14)16-11/h6,9,18H,3-4,7H2,1-2H3,(H2,14,15,16)/t9-/m1/s1. The van der Waals surface area contributed by atoms with Crippen molar-refractivity contribution in [1.82, 2.24) is 9.97 Å². The Labute approximate surface area is 106 Å². The Morgan fingerprint density at radius 3 is 2.83 bits per heavy atom. The van der Waals surface area contributed by atoms with Crippen LogP contribution in [-0.2, 0) is 0 Å². The lowest BCUT2D eigenvalue weighted by molar-refractivity contribution is 0.0263. The molecular weight excluding hydrogens is 230 g/mol. The van der Waals surface area contributed by atoms with Gasteiger partial charge in [-0.3, -0.25) is 0 Å². The quantitative estimate of drug-likeness (QED) is 0.790. The SMILES string of the molecule is CC(C)(O)[C@@H]1CCN(c2ncc(C#N)c(N)n2)C1. The van der Waals surface area contributed by atoms with Crippen LogP contribution in [0.25, 0.3) is 0 Å². The smallest absolute Gasteiger partial charge is 0.227 e. The van der Waals surface area contributed by atoms with Crippen molar-refractivity contribution in [3.63, 3.8) is 0 Å². The number of nitrogens with two attached hydrogens (primary N) is 1. The van der Waals surface area contributed by atoms with Crippen molar-refractivity contribution in [2.75, 3.05) is 23.7 Å². The lowest BCUT2D eigenvalue weighted by Gasteiger charge is -2.25. The second-order valence-electron chi connectivity index (χ2n) is 5.17. The van der Waals surface area contributed by atoms with Gasteiger partial charge in [0.2, 0.25) is 5.95 Å². The fraction of sp³-hybridized carbons (Fsp3) is 0.583. The van der Waals surface area contributed by atoms with Crippen LogP contribution in [0.2, 0.25) is 0 Å². The van der Waals surface area contributed by atoms with Crippen LogP contribution in [0.15, 0.2) is 6.20 Å². The summed E-state index contributed by atoms with van der Waals surface area (Å²) < 4.78 is 0. The Morgan fingerprint density at radius 1 is 1.61 bits per heavy atom. The number of nitriles is 1. The zero-order chi connectivity index (χ0) is 13.3. The van der Waals surface area contributed by atoms with Gasteiger partial charge in [0, 0.05) is 19.0 Å². The molecule has 0 aliphatic carbocycles. The third-order valence-corrected chi connectivity index (χ3v) is 3.40. The molecule has 0 unspecified atom stereocenters. The molecule has 1 fully saturated rings. The van der Waals surface area contributed by atoms with Gasteiger partial charge in [0.05, 0.1) is 11.8 Å². The van der Waals surface area contributed by atoms with Crippen LogP contribution >= 0.6 is 0 Å². The normalized spacial score (nSPS) is 19.9. The molecule has 96 valence electrons. The number of rotatable bonds is 2. The van der Waals surface area contributed by atoms with Crippen LogP contribution < -0.4 is 10.6 Å². The minimum atomic E-state index is -0.701. The van der Waals surface area contributed by atoms with Gasteiger partial charge in [0.1, 0.15) is 17.5 Å². The van der Waals surface area contributed by atoms with Crippen molar-refractivity contribution in [3.8, 4) is 6.07 Å². The van der Waals surface area contributed by atoms with Crippen molar-refractivity contribution in [2.45, 2.75) is 25.9 Å². The van der Waals surface area contributed by atoms with E-state index >= 15 is 0 Å². The van der Waals surface area contributed by atoms with Crippen molar-refractivity contribution in [3.05, 3.63) is 11.8 Å². The van der Waals surface area contributed by atoms with E-state index in [9.17, 15) is 5.11 Å². The Kier molecular flexibility index (Phi) is 3.09. The summed E-state index contributed by atoms with van der Waals surface area (Å²) >= 11 is 0. The monoisotopic (exact) mass is 247 g/mol. The van der Waals surface area contributed by atoms with E-state index in [1.54, 1.807) is 0 Å². The third kappa shape index (κ3) is 2.36. The molecule has 6 nitrogen and oxygen atoms in total. The lowest BCUT2D eigenvalue weighted by Crippen LogP contribution is -2.33. The summed E-state index contributed by atoms with van der Waals surface area (Å²) in [5.41, 5.74) is 5.26. The van der Waals surface area contributed by atoms with Gasteiger partial charge in [-0.05, 0) is 20.3 Å². The second kappa shape index (κ2) is 4.42. The number of anilines is 2. The largest absolute Gasteiger partial charge is 0.390 e. The van der Waals surface area contributed by atoms with Gasteiger partial charge in [-0.1, -0.05) is 0 Å². The first-order valence-electron chi connectivity index (χ1n) is 5.91. The van der Waals surface area contributed by atoms with Gasteiger partial charge >= 0.3 is 0 Å². The fourth-order valence-corrected chi connectivity index (χ4v) is 2.14. The number of aliphatic hydroxyl groups is 1. The van der Waals surface area contributed by atoms with E-state index in [-0.39, 0.29) is 17.3 Å². The van der Waals surface area contributed by atoms with Gasteiger partial charge in [0.15, 0.2) is 0 Å². The number of hydrogen-bond acceptors (Lipinski definition) is 6. The second-order valence-corrected chi connectivity index (χ2v) is 5.17. The minimum absolute atomic E-state index is 0.193. The predicted molar refractivity (Wildman–Crippen MR) is 67.8 cm³/mol. The highest BCUT2D eigenvalue weighted by atomic mass is 16.3. The summed E-state index contributed by atoms with van der Waals surface area (Å²) in [6.07, 6.45) is 2.34. The van der Waals surface area contributed by atoms with Gasteiger partial charge in [-0.2, -0.15) is 10.2 Å². The highest BCUT2D eigenvalue weighted by Gasteiger charge is 2.34. The first-order valence-corrected chi connectivity index (χ1v) is 5.91. The highest BCUT2D eigenvalue weighted by Crippen LogP contribution is 2.29. The molecule has 2 heterocycles. The van der Waals surface area contributed by atoms with E-state index in [0.29, 0.717) is 12.5 Å². The van der Waals surface area contributed by atoms with Crippen LogP contribution in [-0.4, -0.2) is 33.8 Å². The van der Waals surface area contributed by atoms with Crippen LogP contribution in [0, 0.1) is 17.2 Å². The third-order valence-electron chi connectivity index (χ3n) is 3.40. The summed E-state index contributed by atoms with van der Waals surface area (Å²) in [4.78, 5) is 10.3. The van der Waals surface area contributed by atoms with E-state index in [1.165, 1.54) is 6.20 Å². The van der Waals surface area contributed by atoms with Gasteiger partial charge in [-0.25, -0.2) is 4.98 Å². The molecule has 6 heteroatoms. The van der Waals surface area contributed by atoms with Gasteiger partial charge < -0.3 is 15.7 Å². The van der Waals surface area contributed by atoms with Crippen molar-refractivity contribution >= 4 is 11.8 Å². The molecule has 18 heavy (non-hydrogen) atoms. The maximum Gasteiger partial charge on any atom is 0.227 e. The lowest BCUT2D eigenvalue weighted by atomic mass is 9.91. The summed E-state index contributed by atoms with van der Waals surface area (Å²) in [6, 6.07) is 1.94. The average Bonchev–Trinajstić information content (AvgIpc) is 2.77. The van der Waals surface area contributed by atoms with E-state index in [2.05, 4.69) is 9.97 Å². The minimum Gasteiger partial charge on any atom is -0.390 e. The zero-order valence-corrected chi connectivity index (χ0v) is 10.6. The molecule has 1 aliphatic heterocycles. The van der Waals surface area contributed by atoms with Gasteiger partial charge in [0.25, 0.3) is 0 Å². The summed E-state index contributed by atoms with van der Waals surface area (Å²) in [5, 5.41) is 18.8. The topological polar surface area (TPSA) is 99.1 Å². The molecule has 1 aromatic rings. The molecule has 0 radical (unpaired) electrons. The van der Waals surface area contributed by atoms with E-state index in [1.807, 2.05) is 24.8 Å². The van der Waals surface area contributed by atoms with Crippen molar-refractivity contribution in [1.29, 1.82) is 5.26 Å². The summed E-state index contributed by atoms with van der Waals surface area (Å²) in [7, 11) is 0.